The number of benzene rings is 2. The molecule has 2 aromatic rings. The van der Waals surface area contributed by atoms with Crippen molar-refractivity contribution in [1.82, 2.24) is 0 Å². The number of nitrogens with two attached hydrogens (primary N) is 2. The fourth-order valence-electron chi connectivity index (χ4n) is 2.84. The molecule has 0 fully saturated rings. The average molecular weight is 391 g/mol. The molecule has 25 heavy (non-hydrogen) atoms. The van der Waals surface area contributed by atoms with Gasteiger partial charge in [-0.1, -0.05) is 36.4 Å². The Morgan fingerprint density at radius 3 is 1.20 bits per heavy atom. The lowest BCUT2D eigenvalue weighted by Gasteiger charge is -2.42. The minimum Gasteiger partial charge on any atom is -0.430 e. The molecule has 2 aromatic carbocycles. The van der Waals surface area contributed by atoms with E-state index in [4.69, 9.17) is 19.7 Å². The van der Waals surface area contributed by atoms with Crippen LogP contribution in [-0.4, -0.2) is 25.2 Å². The van der Waals surface area contributed by atoms with Crippen LogP contribution < -0.4 is 21.8 Å². The van der Waals surface area contributed by atoms with Crippen LogP contribution in [0.15, 0.2) is 48.5 Å². The average Bonchev–Trinajstić information content (AvgIpc) is 2.44. The largest absolute Gasteiger partial charge is 0.430 e. The molecule has 0 saturated heterocycles. The minimum atomic E-state index is -3.03. The molecule has 0 amide bonds. The molecule has 0 aliphatic carbocycles. The molecule has 7 heteroatoms. The first-order valence-electron chi connectivity index (χ1n) is 8.55. The highest BCUT2D eigenvalue weighted by atomic mass is 28.5. The highest BCUT2D eigenvalue weighted by Gasteiger charge is 2.50. The van der Waals surface area contributed by atoms with Crippen LogP contribution in [0.25, 0.3) is 0 Å². The van der Waals surface area contributed by atoms with Crippen molar-refractivity contribution in [2.75, 3.05) is 11.5 Å². The van der Waals surface area contributed by atoms with Gasteiger partial charge in [-0.3, -0.25) is 0 Å². The van der Waals surface area contributed by atoms with Crippen LogP contribution in [0.2, 0.25) is 39.3 Å². The molecule has 0 unspecified atom stereocenters. The van der Waals surface area contributed by atoms with E-state index in [1.54, 1.807) is 0 Å². The standard InChI is InChI=1S/C18H30N2O2Si3/c1-23(2,3)21-25(22-24(4,5)6,17-13-9-7-11-15(17)19)18-14-10-8-12-16(18)20/h7-14H,19-20H2,1-6H3. The van der Waals surface area contributed by atoms with Gasteiger partial charge in [0.2, 0.25) is 0 Å². The topological polar surface area (TPSA) is 70.5 Å². The van der Waals surface area contributed by atoms with Crippen molar-refractivity contribution in [1.29, 1.82) is 0 Å². The Bertz CT molecular complexity index is 676. The highest BCUT2D eigenvalue weighted by Crippen LogP contribution is 2.24. The molecule has 0 heterocycles. The Morgan fingerprint density at radius 2 is 0.920 bits per heavy atom. The van der Waals surface area contributed by atoms with E-state index in [-0.39, 0.29) is 0 Å². The molecular formula is C18H30N2O2Si3. The van der Waals surface area contributed by atoms with Gasteiger partial charge >= 0.3 is 8.56 Å². The van der Waals surface area contributed by atoms with Crippen molar-refractivity contribution in [2.45, 2.75) is 39.3 Å². The zero-order valence-electron chi connectivity index (χ0n) is 16.1. The van der Waals surface area contributed by atoms with Crippen LogP contribution in [0.1, 0.15) is 0 Å². The fraction of sp³-hybridized carbons (Fsp3) is 0.333. The van der Waals surface area contributed by atoms with Gasteiger partial charge in [0.05, 0.1) is 0 Å². The maximum atomic E-state index is 6.87. The molecule has 0 aromatic heterocycles. The summed E-state index contributed by atoms with van der Waals surface area (Å²) in [6.07, 6.45) is 0. The van der Waals surface area contributed by atoms with E-state index in [1.165, 1.54) is 0 Å². The summed E-state index contributed by atoms with van der Waals surface area (Å²) < 4.78 is 13.7. The second-order valence-electron chi connectivity index (χ2n) is 8.22. The van der Waals surface area contributed by atoms with E-state index >= 15 is 0 Å². The first-order chi connectivity index (χ1) is 11.4. The molecule has 0 bridgehead atoms. The van der Waals surface area contributed by atoms with Gasteiger partial charge in [-0.15, -0.1) is 0 Å². The molecule has 0 saturated carbocycles. The van der Waals surface area contributed by atoms with E-state index in [0.29, 0.717) is 11.4 Å². The number of para-hydroxylation sites is 2. The van der Waals surface area contributed by atoms with Gasteiger partial charge in [0.15, 0.2) is 16.6 Å². The van der Waals surface area contributed by atoms with Crippen LogP contribution in [-0.2, 0) is 8.23 Å². The third kappa shape index (κ3) is 4.83. The van der Waals surface area contributed by atoms with Gasteiger partial charge in [0, 0.05) is 21.7 Å². The van der Waals surface area contributed by atoms with E-state index in [9.17, 15) is 0 Å². The molecule has 0 aliphatic rings. The second-order valence-corrected chi connectivity index (χ2v) is 20.6. The number of hydrogen-bond donors (Lipinski definition) is 2. The van der Waals surface area contributed by atoms with Crippen molar-refractivity contribution < 1.29 is 8.23 Å². The summed E-state index contributed by atoms with van der Waals surface area (Å²) in [4.78, 5) is 0. The van der Waals surface area contributed by atoms with E-state index in [2.05, 4.69) is 39.3 Å². The van der Waals surface area contributed by atoms with Crippen LogP contribution in [0.5, 0.6) is 0 Å². The number of rotatable bonds is 6. The van der Waals surface area contributed by atoms with Crippen molar-refractivity contribution in [3.63, 3.8) is 0 Å². The Morgan fingerprint density at radius 1 is 0.600 bits per heavy atom. The third-order valence-electron chi connectivity index (χ3n) is 3.53. The molecule has 4 N–H and O–H groups in total. The Hall–Kier alpha value is -1.39. The minimum absolute atomic E-state index is 0.703. The summed E-state index contributed by atoms with van der Waals surface area (Å²) >= 11 is 0. The predicted octanol–water partition coefficient (Wildman–Crippen LogP) is 3.11. The SMILES string of the molecule is C[Si](C)(C)O[Si](O[Si](C)(C)C)(c1ccccc1N)c1ccccc1N. The zero-order chi connectivity index (χ0) is 18.9. The maximum absolute atomic E-state index is 6.87. The first kappa shape index (κ1) is 19.9. The second kappa shape index (κ2) is 7.08. The Kier molecular flexibility index (Phi) is 5.65. The smallest absolute Gasteiger partial charge is 0.390 e. The first-order valence-corrected chi connectivity index (χ1v) is 17.2. The van der Waals surface area contributed by atoms with Gasteiger partial charge in [0.25, 0.3) is 0 Å². The highest BCUT2D eigenvalue weighted by molar-refractivity contribution is 7.03. The van der Waals surface area contributed by atoms with E-state index < -0.39 is 25.2 Å². The number of hydrogen-bond acceptors (Lipinski definition) is 4. The lowest BCUT2D eigenvalue weighted by atomic mass is 10.3. The quantitative estimate of drug-likeness (QED) is 0.587. The lowest BCUT2D eigenvalue weighted by molar-refractivity contribution is 0.414. The van der Waals surface area contributed by atoms with Gasteiger partial charge in [-0.25, -0.2) is 0 Å². The summed E-state index contributed by atoms with van der Waals surface area (Å²) in [5, 5.41) is 1.91. The van der Waals surface area contributed by atoms with Crippen molar-refractivity contribution in [3.05, 3.63) is 48.5 Å². The van der Waals surface area contributed by atoms with Crippen LogP contribution in [0.3, 0.4) is 0 Å². The van der Waals surface area contributed by atoms with E-state index in [0.717, 1.165) is 10.4 Å². The van der Waals surface area contributed by atoms with Crippen molar-refractivity contribution >= 4 is 46.9 Å². The molecule has 2 rings (SSSR count). The monoisotopic (exact) mass is 390 g/mol. The Labute approximate surface area is 154 Å². The fourth-order valence-corrected chi connectivity index (χ4v) is 13.9. The predicted molar refractivity (Wildman–Crippen MR) is 116 cm³/mol. The molecule has 136 valence electrons. The molecule has 0 aliphatic heterocycles. The van der Waals surface area contributed by atoms with Gasteiger partial charge in [-0.2, -0.15) is 0 Å². The molecule has 0 spiro atoms. The molecule has 0 atom stereocenters. The Balaban J connectivity index is 2.83. The van der Waals surface area contributed by atoms with Gasteiger partial charge < -0.3 is 19.7 Å². The van der Waals surface area contributed by atoms with Crippen LogP contribution in [0, 0.1) is 0 Å². The summed E-state index contributed by atoms with van der Waals surface area (Å²) in [5.41, 5.74) is 14.2. The van der Waals surface area contributed by atoms with Crippen molar-refractivity contribution in [2.24, 2.45) is 0 Å². The summed E-state index contributed by atoms with van der Waals surface area (Å²) in [6, 6.07) is 15.8. The summed E-state index contributed by atoms with van der Waals surface area (Å²) in [6.45, 7) is 13.1. The maximum Gasteiger partial charge on any atom is 0.390 e. The molecular weight excluding hydrogens is 360 g/mol. The molecule has 4 nitrogen and oxygen atoms in total. The normalized spacial score (nSPS) is 13.0. The van der Waals surface area contributed by atoms with E-state index in [1.807, 2.05) is 48.5 Å². The zero-order valence-corrected chi connectivity index (χ0v) is 19.1. The van der Waals surface area contributed by atoms with Crippen LogP contribution >= 0.6 is 0 Å². The number of nitrogen functional groups attached to an aromatic ring is 2. The molecule has 0 radical (unpaired) electrons. The third-order valence-corrected chi connectivity index (χ3v) is 13.1. The lowest BCUT2D eigenvalue weighted by Crippen LogP contribution is -2.70. The summed E-state index contributed by atoms with van der Waals surface area (Å²) in [5.74, 6) is 0. The van der Waals surface area contributed by atoms with Crippen molar-refractivity contribution in [3.8, 4) is 0 Å². The number of anilines is 2. The van der Waals surface area contributed by atoms with Gasteiger partial charge in [-0.05, 0) is 51.4 Å². The van der Waals surface area contributed by atoms with Gasteiger partial charge in [0.1, 0.15) is 0 Å². The van der Waals surface area contributed by atoms with Crippen LogP contribution in [0.4, 0.5) is 11.4 Å². The summed E-state index contributed by atoms with van der Waals surface area (Å²) in [7, 11) is -6.95.